The van der Waals surface area contributed by atoms with Crippen molar-refractivity contribution in [2.45, 2.75) is 10.8 Å². The van der Waals surface area contributed by atoms with Gasteiger partial charge >= 0.3 is 0 Å². The van der Waals surface area contributed by atoms with Gasteiger partial charge in [0.25, 0.3) is 0 Å². The van der Waals surface area contributed by atoms with E-state index in [-0.39, 0.29) is 0 Å². The summed E-state index contributed by atoms with van der Waals surface area (Å²) >= 11 is 7.47. The molecule has 0 unspecified atom stereocenters. The predicted molar refractivity (Wildman–Crippen MR) is 81.2 cm³/mol. The number of nitrogens with two attached hydrogens (primary N) is 1. The molecule has 0 aliphatic carbocycles. The van der Waals surface area contributed by atoms with Crippen LogP contribution in [0.1, 0.15) is 11.1 Å². The molecule has 1 aromatic heterocycles. The Balaban J connectivity index is 2.09. The Bertz CT molecular complexity index is 600. The summed E-state index contributed by atoms with van der Waals surface area (Å²) in [4.78, 5) is 4.26. The van der Waals surface area contributed by atoms with Crippen LogP contribution < -0.4 is 5.73 Å². The van der Waals surface area contributed by atoms with Gasteiger partial charge in [-0.05, 0) is 23.8 Å². The molecule has 2 aromatic rings. The lowest BCUT2D eigenvalue weighted by molar-refractivity contribution is 1.13. The van der Waals surface area contributed by atoms with Crippen LogP contribution in [0.15, 0.2) is 47.6 Å². The molecule has 0 bridgehead atoms. The molecule has 0 saturated heterocycles. The monoisotopic (exact) mass is 288 g/mol. The second-order valence-corrected chi connectivity index (χ2v) is 5.20. The maximum Gasteiger partial charge on any atom is 0.0964 e. The topological polar surface area (TPSA) is 38.9 Å². The highest BCUT2D eigenvalue weighted by molar-refractivity contribution is 7.98. The van der Waals surface area contributed by atoms with E-state index in [9.17, 15) is 0 Å². The van der Waals surface area contributed by atoms with Crippen LogP contribution >= 0.6 is 23.4 Å². The fourth-order valence-electron chi connectivity index (χ4n) is 1.51. The van der Waals surface area contributed by atoms with Crippen LogP contribution in [-0.4, -0.2) is 11.5 Å². The first kappa shape index (κ1) is 14.0. The normalized spacial score (nSPS) is 9.79. The Morgan fingerprint density at radius 1 is 1.21 bits per heavy atom. The summed E-state index contributed by atoms with van der Waals surface area (Å²) in [5, 5.41) is 1.60. The van der Waals surface area contributed by atoms with Crippen molar-refractivity contribution in [1.29, 1.82) is 0 Å². The van der Waals surface area contributed by atoms with Crippen molar-refractivity contribution < 1.29 is 0 Å². The van der Waals surface area contributed by atoms with Gasteiger partial charge < -0.3 is 5.73 Å². The third-order valence-electron chi connectivity index (χ3n) is 2.42. The third-order valence-corrected chi connectivity index (χ3v) is 3.63. The molecular formula is C15H13ClN2S. The molecule has 2 nitrogen and oxygen atoms in total. The minimum atomic E-state index is 0.375. The van der Waals surface area contributed by atoms with Crippen molar-refractivity contribution >= 4 is 23.4 Å². The summed E-state index contributed by atoms with van der Waals surface area (Å²) in [5.74, 6) is 6.80. The van der Waals surface area contributed by atoms with Gasteiger partial charge in [-0.2, -0.15) is 0 Å². The second kappa shape index (κ2) is 7.20. The average Bonchev–Trinajstić information content (AvgIpc) is 2.45. The lowest BCUT2D eigenvalue weighted by atomic mass is 10.1. The second-order valence-electron chi connectivity index (χ2n) is 3.77. The zero-order chi connectivity index (χ0) is 13.5. The van der Waals surface area contributed by atoms with Crippen molar-refractivity contribution in [2.24, 2.45) is 5.73 Å². The molecular weight excluding hydrogens is 276 g/mol. The first-order valence-corrected chi connectivity index (χ1v) is 7.17. The molecule has 0 fully saturated rings. The predicted octanol–water partition coefficient (Wildman–Crippen LogP) is 3.34. The molecule has 0 aliphatic heterocycles. The van der Waals surface area contributed by atoms with Crippen molar-refractivity contribution in [1.82, 2.24) is 4.98 Å². The smallest absolute Gasteiger partial charge is 0.0964 e. The van der Waals surface area contributed by atoms with Crippen molar-refractivity contribution in [2.75, 3.05) is 6.54 Å². The number of nitrogens with zero attached hydrogens (tertiary/aromatic N) is 1. The van der Waals surface area contributed by atoms with E-state index in [1.807, 2.05) is 30.3 Å². The SMILES string of the molecule is NCC#Cc1ccccc1CSc1ccc(Cl)cn1. The Morgan fingerprint density at radius 3 is 2.79 bits per heavy atom. The van der Waals surface area contributed by atoms with E-state index in [1.165, 1.54) is 5.56 Å². The van der Waals surface area contributed by atoms with Gasteiger partial charge in [0.1, 0.15) is 0 Å². The van der Waals surface area contributed by atoms with Gasteiger partial charge in [-0.3, -0.25) is 0 Å². The number of hydrogen-bond acceptors (Lipinski definition) is 3. The molecule has 2 N–H and O–H groups in total. The summed E-state index contributed by atoms with van der Waals surface area (Å²) < 4.78 is 0. The number of aromatic nitrogens is 1. The van der Waals surface area contributed by atoms with Crippen molar-refractivity contribution in [3.63, 3.8) is 0 Å². The van der Waals surface area contributed by atoms with Crippen LogP contribution in [0.2, 0.25) is 5.02 Å². The number of benzene rings is 1. The van der Waals surface area contributed by atoms with Gasteiger partial charge in [-0.25, -0.2) is 4.98 Å². The highest BCUT2D eigenvalue weighted by Gasteiger charge is 2.01. The minimum Gasteiger partial charge on any atom is -0.320 e. The number of hydrogen-bond donors (Lipinski definition) is 1. The summed E-state index contributed by atoms with van der Waals surface area (Å²) in [7, 11) is 0. The molecule has 0 saturated carbocycles. The van der Waals surface area contributed by atoms with E-state index in [1.54, 1.807) is 18.0 Å². The van der Waals surface area contributed by atoms with Crippen LogP contribution in [0.5, 0.6) is 0 Å². The lowest BCUT2D eigenvalue weighted by Crippen LogP contribution is -1.94. The number of pyridine rings is 1. The molecule has 2 rings (SSSR count). The fourth-order valence-corrected chi connectivity index (χ4v) is 2.47. The molecule has 0 spiro atoms. The maximum absolute atomic E-state index is 5.81. The van der Waals surface area contributed by atoms with Crippen molar-refractivity contribution in [3.05, 3.63) is 58.7 Å². The Morgan fingerprint density at radius 2 is 2.05 bits per heavy atom. The summed E-state index contributed by atoms with van der Waals surface area (Å²) in [6.07, 6.45) is 1.66. The van der Waals surface area contributed by atoms with Crippen molar-refractivity contribution in [3.8, 4) is 11.8 Å². The standard InChI is InChI=1S/C15H13ClN2S/c16-14-7-8-15(18-10-14)19-11-13-5-2-1-4-12(13)6-3-9-17/h1-2,4-5,7-8,10H,9,11,17H2. The highest BCUT2D eigenvalue weighted by atomic mass is 35.5. The number of rotatable bonds is 3. The van der Waals surface area contributed by atoms with Gasteiger partial charge in [-0.1, -0.05) is 41.6 Å². The molecule has 96 valence electrons. The zero-order valence-electron chi connectivity index (χ0n) is 10.3. The van der Waals surface area contributed by atoms with Crippen LogP contribution in [0.3, 0.4) is 0 Å². The summed E-state index contributed by atoms with van der Waals surface area (Å²) in [5.41, 5.74) is 7.61. The van der Waals surface area contributed by atoms with Gasteiger partial charge in [-0.15, -0.1) is 11.8 Å². The van der Waals surface area contributed by atoms with Crippen LogP contribution in [0.4, 0.5) is 0 Å². The van der Waals surface area contributed by atoms with Gasteiger partial charge in [0, 0.05) is 17.5 Å². The van der Waals surface area contributed by atoms with E-state index in [4.69, 9.17) is 17.3 Å². The van der Waals surface area contributed by atoms with E-state index < -0.39 is 0 Å². The molecule has 0 aliphatic rings. The molecule has 1 heterocycles. The molecule has 1 aromatic carbocycles. The maximum atomic E-state index is 5.81. The lowest BCUT2D eigenvalue weighted by Gasteiger charge is -2.04. The fraction of sp³-hybridized carbons (Fsp3) is 0.133. The minimum absolute atomic E-state index is 0.375. The molecule has 0 amide bonds. The van der Waals surface area contributed by atoms with Gasteiger partial charge in [0.15, 0.2) is 0 Å². The van der Waals surface area contributed by atoms with E-state index >= 15 is 0 Å². The van der Waals surface area contributed by atoms with Gasteiger partial charge in [0.05, 0.1) is 16.6 Å². The number of halogens is 1. The van der Waals surface area contributed by atoms with E-state index in [0.717, 1.165) is 16.3 Å². The number of thioether (sulfide) groups is 1. The first-order chi connectivity index (χ1) is 9.29. The van der Waals surface area contributed by atoms with Crippen LogP contribution in [-0.2, 0) is 5.75 Å². The summed E-state index contributed by atoms with van der Waals surface area (Å²) in [6, 6.07) is 11.8. The van der Waals surface area contributed by atoms with E-state index in [2.05, 4.69) is 22.9 Å². The van der Waals surface area contributed by atoms with Crippen LogP contribution in [0.25, 0.3) is 0 Å². The van der Waals surface area contributed by atoms with E-state index in [0.29, 0.717) is 11.6 Å². The molecule has 19 heavy (non-hydrogen) atoms. The third kappa shape index (κ3) is 4.29. The summed E-state index contributed by atoms with van der Waals surface area (Å²) in [6.45, 7) is 0.375. The first-order valence-electron chi connectivity index (χ1n) is 5.81. The zero-order valence-corrected chi connectivity index (χ0v) is 11.8. The largest absolute Gasteiger partial charge is 0.320 e. The molecule has 0 radical (unpaired) electrons. The average molecular weight is 289 g/mol. The van der Waals surface area contributed by atoms with Crippen LogP contribution in [0, 0.1) is 11.8 Å². The Labute approximate surface area is 122 Å². The van der Waals surface area contributed by atoms with Gasteiger partial charge in [0.2, 0.25) is 0 Å². The quantitative estimate of drug-likeness (QED) is 0.695. The Hall–Kier alpha value is -1.47. The highest BCUT2D eigenvalue weighted by Crippen LogP contribution is 2.23. The Kier molecular flexibility index (Phi) is 5.29. The molecule has 4 heteroatoms. The molecule has 0 atom stereocenters.